The van der Waals surface area contributed by atoms with E-state index in [1.165, 1.54) is 0 Å². The third kappa shape index (κ3) is 3.40. The molecule has 0 saturated heterocycles. The number of rotatable bonds is 3. The first-order chi connectivity index (χ1) is 5.31. The third-order valence-electron chi connectivity index (χ3n) is 2.48. The molecular weight excluding hydrogens is 164 g/mol. The van der Waals surface area contributed by atoms with E-state index in [4.69, 9.17) is 4.43 Å². The molecule has 0 aromatic carbocycles. The Hall–Kier alpha value is -0.303. The summed E-state index contributed by atoms with van der Waals surface area (Å²) in [5, 5.41) is 0.294. The van der Waals surface area contributed by atoms with Gasteiger partial charge in [0, 0.05) is 0 Å². The minimum absolute atomic E-state index is 0.294. The van der Waals surface area contributed by atoms with Crippen LogP contribution in [0.15, 0.2) is 18.4 Å². The van der Waals surface area contributed by atoms with Gasteiger partial charge in [-0.2, -0.15) is 0 Å². The molecule has 0 N–H and O–H groups in total. The molecule has 0 heterocycles. The van der Waals surface area contributed by atoms with Crippen molar-refractivity contribution < 1.29 is 4.43 Å². The first-order valence-corrected chi connectivity index (χ1v) is 7.20. The quantitative estimate of drug-likeness (QED) is 0.483. The van der Waals surface area contributed by atoms with Crippen molar-refractivity contribution in [3.63, 3.8) is 0 Å². The molecular formula is C10H20OSi. The van der Waals surface area contributed by atoms with Crippen molar-refractivity contribution in [3.8, 4) is 0 Å². The molecule has 0 radical (unpaired) electrons. The van der Waals surface area contributed by atoms with Crippen molar-refractivity contribution in [1.82, 2.24) is 0 Å². The van der Waals surface area contributed by atoms with E-state index >= 15 is 0 Å². The van der Waals surface area contributed by atoms with Gasteiger partial charge in [0.1, 0.15) is 0 Å². The maximum Gasteiger partial charge on any atom is 0.192 e. The number of hydrogen-bond donors (Lipinski definition) is 0. The van der Waals surface area contributed by atoms with Gasteiger partial charge in [-0.15, -0.1) is 5.73 Å². The Labute approximate surface area is 77.3 Å². The standard InChI is InChI=1S/C10H20OSi/c1-7-8-9-11-12(5,6)10(2,3)4/h8H,1,9H2,2-6H3. The second-order valence-corrected chi connectivity index (χ2v) is 9.29. The lowest BCUT2D eigenvalue weighted by molar-refractivity contribution is 0.328. The van der Waals surface area contributed by atoms with E-state index in [2.05, 4.69) is 46.2 Å². The predicted octanol–water partition coefficient (Wildman–Crippen LogP) is 3.35. The summed E-state index contributed by atoms with van der Waals surface area (Å²) >= 11 is 0. The summed E-state index contributed by atoms with van der Waals surface area (Å²) in [6.45, 7) is 15.3. The zero-order valence-corrected chi connectivity index (χ0v) is 9.90. The van der Waals surface area contributed by atoms with E-state index < -0.39 is 8.32 Å². The Balaban J connectivity index is 4.13. The zero-order chi connectivity index (χ0) is 9.83. The van der Waals surface area contributed by atoms with Crippen molar-refractivity contribution in [2.45, 2.75) is 38.9 Å². The van der Waals surface area contributed by atoms with Gasteiger partial charge in [0.05, 0.1) is 6.61 Å². The average Bonchev–Trinajstić information content (AvgIpc) is 1.85. The second-order valence-electron chi connectivity index (χ2n) is 4.48. The van der Waals surface area contributed by atoms with Gasteiger partial charge < -0.3 is 4.43 Å². The fraction of sp³-hybridized carbons (Fsp3) is 0.700. The highest BCUT2D eigenvalue weighted by Gasteiger charge is 2.36. The molecule has 0 amide bonds. The van der Waals surface area contributed by atoms with Crippen molar-refractivity contribution in [1.29, 1.82) is 0 Å². The Morgan fingerprint density at radius 2 is 1.92 bits per heavy atom. The lowest BCUT2D eigenvalue weighted by atomic mass is 10.2. The molecule has 0 aliphatic heterocycles. The van der Waals surface area contributed by atoms with Crippen LogP contribution in [-0.4, -0.2) is 14.9 Å². The molecule has 70 valence electrons. The monoisotopic (exact) mass is 184 g/mol. The fourth-order valence-electron chi connectivity index (χ4n) is 0.525. The molecule has 12 heavy (non-hydrogen) atoms. The SMILES string of the molecule is C=C=CCO[Si](C)(C)C(C)(C)C. The smallest absolute Gasteiger partial charge is 0.192 e. The molecule has 0 saturated carbocycles. The summed E-state index contributed by atoms with van der Waals surface area (Å²) < 4.78 is 5.82. The zero-order valence-electron chi connectivity index (χ0n) is 8.90. The van der Waals surface area contributed by atoms with E-state index in [-0.39, 0.29) is 0 Å². The van der Waals surface area contributed by atoms with E-state index in [0.717, 1.165) is 0 Å². The van der Waals surface area contributed by atoms with Gasteiger partial charge in [-0.1, -0.05) is 27.4 Å². The largest absolute Gasteiger partial charge is 0.413 e. The van der Waals surface area contributed by atoms with Crippen LogP contribution in [0, 0.1) is 0 Å². The van der Waals surface area contributed by atoms with Gasteiger partial charge in [0.25, 0.3) is 0 Å². The van der Waals surface area contributed by atoms with Crippen molar-refractivity contribution >= 4 is 8.32 Å². The molecule has 0 aliphatic rings. The van der Waals surface area contributed by atoms with Crippen LogP contribution in [0.2, 0.25) is 18.1 Å². The summed E-state index contributed by atoms with van der Waals surface area (Å²) in [6, 6.07) is 0. The normalized spacial score (nSPS) is 12.4. The average molecular weight is 184 g/mol. The highest BCUT2D eigenvalue weighted by atomic mass is 28.4. The van der Waals surface area contributed by atoms with E-state index in [0.29, 0.717) is 11.6 Å². The molecule has 0 aromatic rings. The molecule has 0 atom stereocenters. The molecule has 0 spiro atoms. The molecule has 0 aromatic heterocycles. The van der Waals surface area contributed by atoms with E-state index in [1.54, 1.807) is 0 Å². The van der Waals surface area contributed by atoms with Gasteiger partial charge in [0.2, 0.25) is 0 Å². The lowest BCUT2D eigenvalue weighted by Crippen LogP contribution is -2.40. The molecule has 0 unspecified atom stereocenters. The van der Waals surface area contributed by atoms with Gasteiger partial charge in [0.15, 0.2) is 8.32 Å². The van der Waals surface area contributed by atoms with Crippen LogP contribution in [0.25, 0.3) is 0 Å². The van der Waals surface area contributed by atoms with Crippen molar-refractivity contribution in [3.05, 3.63) is 18.4 Å². The molecule has 2 heteroatoms. The fourth-order valence-corrected chi connectivity index (χ4v) is 1.46. The van der Waals surface area contributed by atoms with Gasteiger partial charge in [-0.25, -0.2) is 0 Å². The summed E-state index contributed by atoms with van der Waals surface area (Å²) in [6.07, 6.45) is 1.83. The minimum atomic E-state index is -1.54. The van der Waals surface area contributed by atoms with Crippen molar-refractivity contribution in [2.75, 3.05) is 6.61 Å². The van der Waals surface area contributed by atoms with Crippen LogP contribution < -0.4 is 0 Å². The Morgan fingerprint density at radius 3 is 2.25 bits per heavy atom. The third-order valence-corrected chi connectivity index (χ3v) is 6.98. The number of hydrogen-bond acceptors (Lipinski definition) is 1. The van der Waals surface area contributed by atoms with Gasteiger partial charge in [-0.05, 0) is 24.2 Å². The van der Waals surface area contributed by atoms with Gasteiger partial charge in [-0.3, -0.25) is 0 Å². The van der Waals surface area contributed by atoms with Crippen LogP contribution in [-0.2, 0) is 4.43 Å². The van der Waals surface area contributed by atoms with Gasteiger partial charge >= 0.3 is 0 Å². The van der Waals surface area contributed by atoms with Crippen LogP contribution in [0.1, 0.15) is 20.8 Å². The van der Waals surface area contributed by atoms with Crippen LogP contribution >= 0.6 is 0 Å². The summed E-state index contributed by atoms with van der Waals surface area (Å²) in [7, 11) is -1.54. The topological polar surface area (TPSA) is 9.23 Å². The Bertz CT molecular complexity index is 183. The van der Waals surface area contributed by atoms with E-state index in [9.17, 15) is 0 Å². The van der Waals surface area contributed by atoms with Crippen LogP contribution in [0.4, 0.5) is 0 Å². The predicted molar refractivity (Wildman–Crippen MR) is 56.9 cm³/mol. The first-order valence-electron chi connectivity index (χ1n) is 4.29. The molecule has 0 fully saturated rings. The van der Waals surface area contributed by atoms with Crippen LogP contribution in [0.3, 0.4) is 0 Å². The van der Waals surface area contributed by atoms with Crippen LogP contribution in [0.5, 0.6) is 0 Å². The maximum absolute atomic E-state index is 5.82. The first kappa shape index (κ1) is 11.7. The molecule has 1 nitrogen and oxygen atoms in total. The molecule has 0 aliphatic carbocycles. The highest BCUT2D eigenvalue weighted by Crippen LogP contribution is 2.36. The molecule has 0 rings (SSSR count). The summed E-state index contributed by atoms with van der Waals surface area (Å²) in [5.41, 5.74) is 2.71. The van der Waals surface area contributed by atoms with E-state index in [1.807, 2.05) is 6.08 Å². The van der Waals surface area contributed by atoms with Crippen molar-refractivity contribution in [2.24, 2.45) is 0 Å². The summed E-state index contributed by atoms with van der Waals surface area (Å²) in [4.78, 5) is 0. The lowest BCUT2D eigenvalue weighted by Gasteiger charge is -2.35. The second kappa shape index (κ2) is 4.08. The molecule has 0 bridgehead atoms. The minimum Gasteiger partial charge on any atom is -0.413 e. The summed E-state index contributed by atoms with van der Waals surface area (Å²) in [5.74, 6) is 0. The Kier molecular flexibility index (Phi) is 3.98. The Morgan fingerprint density at radius 1 is 1.42 bits per heavy atom. The maximum atomic E-state index is 5.82. The highest BCUT2D eigenvalue weighted by molar-refractivity contribution is 6.74.